The van der Waals surface area contributed by atoms with E-state index in [1.807, 2.05) is 12.1 Å². The first-order chi connectivity index (χ1) is 33.2. The summed E-state index contributed by atoms with van der Waals surface area (Å²) in [4.78, 5) is 2.36. The molecule has 0 spiro atoms. The molecule has 0 unspecified atom stereocenters. The third-order valence-electron chi connectivity index (χ3n) is 13.4. The highest BCUT2D eigenvalue weighted by atomic mass is 16.3. The highest BCUT2D eigenvalue weighted by Crippen LogP contribution is 2.41. The van der Waals surface area contributed by atoms with Gasteiger partial charge in [0.05, 0.1) is 11.0 Å². The molecule has 3 nitrogen and oxygen atoms in total. The van der Waals surface area contributed by atoms with Crippen LogP contribution < -0.4 is 4.90 Å². The Balaban J connectivity index is 0.863. The summed E-state index contributed by atoms with van der Waals surface area (Å²) >= 11 is 0. The lowest BCUT2D eigenvalue weighted by atomic mass is 9.97. The van der Waals surface area contributed by atoms with Gasteiger partial charge in [-0.05, 0) is 140 Å². The Kier molecular flexibility index (Phi) is 9.17. The minimum absolute atomic E-state index is 0.896. The fraction of sp³-hybridized carbons (Fsp3) is 0. The van der Waals surface area contributed by atoms with Crippen molar-refractivity contribution < 1.29 is 4.42 Å². The number of anilines is 3. The number of benzene rings is 11. The van der Waals surface area contributed by atoms with Gasteiger partial charge < -0.3 is 13.9 Å². The number of hydrogen-bond acceptors (Lipinski definition) is 2. The smallest absolute Gasteiger partial charge is 0.136 e. The van der Waals surface area contributed by atoms with Crippen molar-refractivity contribution in [3.05, 3.63) is 255 Å². The molecule has 0 atom stereocenters. The maximum Gasteiger partial charge on any atom is 0.136 e. The van der Waals surface area contributed by atoms with Gasteiger partial charge in [0.1, 0.15) is 11.2 Å². The van der Waals surface area contributed by atoms with E-state index in [4.69, 9.17) is 4.42 Å². The van der Waals surface area contributed by atoms with Crippen molar-refractivity contribution in [3.63, 3.8) is 0 Å². The molecule has 0 saturated heterocycles. The van der Waals surface area contributed by atoms with Crippen LogP contribution in [0, 0.1) is 0 Å². The highest BCUT2D eigenvalue weighted by Gasteiger charge is 2.17. The zero-order chi connectivity index (χ0) is 44.3. The number of nitrogens with zero attached hydrogens (tertiary/aromatic N) is 2. The summed E-state index contributed by atoms with van der Waals surface area (Å²) in [6.45, 7) is 0. The van der Waals surface area contributed by atoms with Crippen LogP contribution in [0.25, 0.3) is 105 Å². The van der Waals surface area contributed by atoms with Crippen LogP contribution in [0.5, 0.6) is 0 Å². The molecule has 0 N–H and O–H groups in total. The van der Waals surface area contributed by atoms with E-state index in [2.05, 4.69) is 252 Å². The highest BCUT2D eigenvalue weighted by molar-refractivity contribution is 6.09. The van der Waals surface area contributed by atoms with Crippen molar-refractivity contribution in [2.75, 3.05) is 4.90 Å². The summed E-state index contributed by atoms with van der Waals surface area (Å²) in [7, 11) is 0. The summed E-state index contributed by atoms with van der Waals surface area (Å²) in [5.74, 6) is 0. The molecule has 3 heteroatoms. The summed E-state index contributed by atoms with van der Waals surface area (Å²) in [5.41, 5.74) is 17.9. The summed E-state index contributed by atoms with van der Waals surface area (Å²) in [6.07, 6.45) is 0. The number of rotatable bonds is 8. The topological polar surface area (TPSA) is 21.3 Å². The van der Waals surface area contributed by atoms with Crippen LogP contribution >= 0.6 is 0 Å². The van der Waals surface area contributed by atoms with Crippen LogP contribution in [-0.4, -0.2) is 4.57 Å². The first-order valence-electron chi connectivity index (χ1n) is 22.9. The number of para-hydroxylation sites is 3. The van der Waals surface area contributed by atoms with Crippen LogP contribution in [0.1, 0.15) is 0 Å². The Morgan fingerprint density at radius 3 is 1.52 bits per heavy atom. The Bertz CT molecular complexity index is 3930. The summed E-state index contributed by atoms with van der Waals surface area (Å²) < 4.78 is 8.66. The molecule has 0 aliphatic carbocycles. The predicted octanol–water partition coefficient (Wildman–Crippen LogP) is 18.0. The van der Waals surface area contributed by atoms with E-state index in [1.165, 1.54) is 60.4 Å². The van der Waals surface area contributed by atoms with Crippen molar-refractivity contribution in [1.82, 2.24) is 4.57 Å². The third-order valence-corrected chi connectivity index (χ3v) is 13.4. The van der Waals surface area contributed by atoms with Crippen molar-refractivity contribution in [2.45, 2.75) is 0 Å². The molecule has 13 rings (SSSR count). The molecule has 2 aromatic heterocycles. The van der Waals surface area contributed by atoms with Gasteiger partial charge >= 0.3 is 0 Å². The number of aromatic nitrogens is 1. The van der Waals surface area contributed by atoms with Gasteiger partial charge in [-0.2, -0.15) is 0 Å². The van der Waals surface area contributed by atoms with Gasteiger partial charge in [0.25, 0.3) is 0 Å². The first-order valence-corrected chi connectivity index (χ1v) is 22.9. The maximum absolute atomic E-state index is 6.27. The molecule has 0 bridgehead atoms. The van der Waals surface area contributed by atoms with E-state index in [1.54, 1.807) is 0 Å². The van der Waals surface area contributed by atoms with E-state index >= 15 is 0 Å². The lowest BCUT2D eigenvalue weighted by Gasteiger charge is -2.26. The molecule has 0 aliphatic rings. The van der Waals surface area contributed by atoms with Gasteiger partial charge in [0.15, 0.2) is 0 Å². The molecule has 0 radical (unpaired) electrons. The molecule has 0 amide bonds. The quantitative estimate of drug-likeness (QED) is 0.152. The van der Waals surface area contributed by atoms with E-state index in [0.29, 0.717) is 0 Å². The molecule has 67 heavy (non-hydrogen) atoms. The van der Waals surface area contributed by atoms with Gasteiger partial charge in [0.2, 0.25) is 0 Å². The van der Waals surface area contributed by atoms with Crippen LogP contribution in [0.2, 0.25) is 0 Å². The molecule has 11 aromatic carbocycles. The fourth-order valence-corrected chi connectivity index (χ4v) is 10.2. The average Bonchev–Trinajstić information content (AvgIpc) is 3.95. The van der Waals surface area contributed by atoms with E-state index < -0.39 is 0 Å². The molecule has 0 aliphatic heterocycles. The summed E-state index contributed by atoms with van der Waals surface area (Å²) in [6, 6.07) is 92.0. The molecule has 314 valence electrons. The minimum atomic E-state index is 0.896. The van der Waals surface area contributed by atoms with Crippen LogP contribution in [0.15, 0.2) is 259 Å². The van der Waals surface area contributed by atoms with E-state index in [9.17, 15) is 0 Å². The molecule has 2 heterocycles. The van der Waals surface area contributed by atoms with Gasteiger partial charge in [-0.15, -0.1) is 0 Å². The standard InChI is InChI=1S/C64H42N2O/c1-2-21-55-45(13-1)14-12-25-56(55)50-18-11-19-53(41-50)65(52-36-31-44(32-37-52)49-33-38-60-59-24-5-8-28-63(59)67-64(60)42-49)51-34-29-43(30-35-51)46-15-9-16-47(39-46)48-17-10-20-54(40-48)66-61-26-6-3-22-57(61)58-23-4-7-27-62(58)66/h1-42H. The Hall–Kier alpha value is -8.92. The lowest BCUT2D eigenvalue weighted by molar-refractivity contribution is 0.669. The van der Waals surface area contributed by atoms with Gasteiger partial charge in [-0.1, -0.05) is 170 Å². The minimum Gasteiger partial charge on any atom is -0.456 e. The number of furan rings is 1. The first kappa shape index (κ1) is 38.5. The largest absolute Gasteiger partial charge is 0.456 e. The van der Waals surface area contributed by atoms with Crippen molar-refractivity contribution in [3.8, 4) is 50.2 Å². The average molecular weight is 855 g/mol. The third kappa shape index (κ3) is 6.76. The van der Waals surface area contributed by atoms with E-state index in [-0.39, 0.29) is 0 Å². The van der Waals surface area contributed by atoms with Gasteiger partial charge in [-0.25, -0.2) is 0 Å². The van der Waals surface area contributed by atoms with Crippen LogP contribution in [0.4, 0.5) is 17.1 Å². The Morgan fingerprint density at radius 1 is 0.284 bits per heavy atom. The van der Waals surface area contributed by atoms with Crippen molar-refractivity contribution in [2.24, 2.45) is 0 Å². The molecular weight excluding hydrogens is 813 g/mol. The molecular formula is C64H42N2O. The second-order valence-electron chi connectivity index (χ2n) is 17.3. The van der Waals surface area contributed by atoms with E-state index in [0.717, 1.165) is 61.4 Å². The predicted molar refractivity (Wildman–Crippen MR) is 282 cm³/mol. The second kappa shape index (κ2) is 16.0. The summed E-state index contributed by atoms with van der Waals surface area (Å²) in [5, 5.41) is 7.27. The zero-order valence-corrected chi connectivity index (χ0v) is 36.6. The molecule has 0 fully saturated rings. The zero-order valence-electron chi connectivity index (χ0n) is 36.6. The Labute approximate surface area is 388 Å². The Morgan fingerprint density at radius 2 is 0.791 bits per heavy atom. The molecule has 0 saturated carbocycles. The number of fused-ring (bicyclic) bond motifs is 7. The van der Waals surface area contributed by atoms with Gasteiger partial charge in [-0.3, -0.25) is 0 Å². The fourth-order valence-electron chi connectivity index (χ4n) is 10.2. The number of hydrogen-bond donors (Lipinski definition) is 0. The van der Waals surface area contributed by atoms with Crippen molar-refractivity contribution in [1.29, 1.82) is 0 Å². The molecule has 13 aromatic rings. The van der Waals surface area contributed by atoms with Gasteiger partial charge in [0, 0.05) is 44.3 Å². The normalized spacial score (nSPS) is 11.6. The second-order valence-corrected chi connectivity index (χ2v) is 17.3. The van der Waals surface area contributed by atoms with Crippen LogP contribution in [-0.2, 0) is 0 Å². The van der Waals surface area contributed by atoms with Crippen LogP contribution in [0.3, 0.4) is 0 Å². The maximum atomic E-state index is 6.27. The SMILES string of the molecule is c1cc(-c2ccc(N(c3ccc(-c4ccc5c(c4)oc4ccccc45)cc3)c3cccc(-c4cccc5ccccc45)c3)cc2)cc(-c2cccc(-n3c4ccccc4c4ccccc43)c2)c1. The monoisotopic (exact) mass is 854 g/mol. The lowest BCUT2D eigenvalue weighted by Crippen LogP contribution is -2.10. The van der Waals surface area contributed by atoms with Crippen molar-refractivity contribution >= 4 is 71.6 Å².